The lowest BCUT2D eigenvalue weighted by molar-refractivity contribution is 0.592. The first-order valence-corrected chi connectivity index (χ1v) is 8.55. The molecule has 0 bridgehead atoms. The summed E-state index contributed by atoms with van der Waals surface area (Å²) < 4.78 is 0. The second-order valence-electron chi connectivity index (χ2n) is 6.38. The molecule has 0 amide bonds. The molecule has 1 aromatic heterocycles. The molecule has 3 heteroatoms. The topological polar surface area (TPSA) is 24.9 Å². The minimum absolute atomic E-state index is 0.246. The van der Waals surface area contributed by atoms with Gasteiger partial charge in [0.05, 0.1) is 11.7 Å². The number of hydrogen-bond acceptors (Lipinski definition) is 3. The highest BCUT2D eigenvalue weighted by molar-refractivity contribution is 7.11. The summed E-state index contributed by atoms with van der Waals surface area (Å²) in [4.78, 5) is 6.16. The van der Waals surface area contributed by atoms with Crippen LogP contribution in [0.1, 0.15) is 56.7 Å². The van der Waals surface area contributed by atoms with Gasteiger partial charge >= 0.3 is 0 Å². The summed E-state index contributed by atoms with van der Waals surface area (Å²) >= 11 is 1.84. The van der Waals surface area contributed by atoms with E-state index in [4.69, 9.17) is 4.98 Å². The lowest BCUT2D eigenvalue weighted by Crippen LogP contribution is -2.26. The van der Waals surface area contributed by atoms with Crippen LogP contribution in [-0.2, 0) is 0 Å². The molecule has 1 fully saturated rings. The van der Waals surface area contributed by atoms with E-state index >= 15 is 0 Å². The Labute approximate surface area is 131 Å². The van der Waals surface area contributed by atoms with E-state index in [-0.39, 0.29) is 6.04 Å². The van der Waals surface area contributed by atoms with Crippen LogP contribution in [0.5, 0.6) is 0 Å². The lowest BCUT2D eigenvalue weighted by Gasteiger charge is -2.22. The molecular formula is C18H24N2S. The van der Waals surface area contributed by atoms with Crippen molar-refractivity contribution >= 4 is 11.3 Å². The zero-order chi connectivity index (χ0) is 15.1. The van der Waals surface area contributed by atoms with Gasteiger partial charge in [0.1, 0.15) is 5.01 Å². The van der Waals surface area contributed by atoms with Gasteiger partial charge in [0.25, 0.3) is 0 Å². The summed E-state index contributed by atoms with van der Waals surface area (Å²) in [5, 5.41) is 5.03. The van der Waals surface area contributed by atoms with Crippen molar-refractivity contribution in [2.24, 2.45) is 0 Å². The highest BCUT2D eigenvalue weighted by Crippen LogP contribution is 2.35. The molecular weight excluding hydrogens is 276 g/mol. The maximum Gasteiger partial charge on any atom is 0.115 e. The van der Waals surface area contributed by atoms with Gasteiger partial charge in [-0.25, -0.2) is 4.98 Å². The van der Waals surface area contributed by atoms with E-state index in [1.54, 1.807) is 0 Å². The highest BCUT2D eigenvalue weighted by Gasteiger charge is 2.29. The molecule has 0 aliphatic heterocycles. The maximum atomic E-state index is 4.83. The number of nitrogens with zero attached hydrogens (tertiary/aromatic N) is 1. The number of nitrogens with one attached hydrogen (secondary N) is 1. The third-order valence-electron chi connectivity index (χ3n) is 4.30. The molecule has 112 valence electrons. The van der Waals surface area contributed by atoms with Crippen molar-refractivity contribution in [1.82, 2.24) is 10.3 Å². The van der Waals surface area contributed by atoms with Crippen LogP contribution in [0.25, 0.3) is 0 Å². The largest absolute Gasteiger partial charge is 0.301 e. The Kier molecular flexibility index (Phi) is 3.89. The van der Waals surface area contributed by atoms with Crippen molar-refractivity contribution in [3.63, 3.8) is 0 Å². The summed E-state index contributed by atoms with van der Waals surface area (Å²) in [7, 11) is 0. The van der Waals surface area contributed by atoms with Crippen LogP contribution in [0.3, 0.4) is 0 Å². The molecule has 0 spiro atoms. The second kappa shape index (κ2) is 5.54. The number of aryl methyl sites for hydroxylation is 5. The summed E-state index contributed by atoms with van der Waals surface area (Å²) in [6.07, 6.45) is 2.59. The molecule has 1 aliphatic rings. The summed E-state index contributed by atoms with van der Waals surface area (Å²) in [6.45, 7) is 10.9. The van der Waals surface area contributed by atoms with Gasteiger partial charge < -0.3 is 5.32 Å². The number of benzene rings is 1. The van der Waals surface area contributed by atoms with Gasteiger partial charge in [0.2, 0.25) is 0 Å². The van der Waals surface area contributed by atoms with Gasteiger partial charge in [-0.2, -0.15) is 0 Å². The number of aromatic nitrogens is 1. The number of rotatable bonds is 4. The maximum absolute atomic E-state index is 4.83. The smallest absolute Gasteiger partial charge is 0.115 e. The van der Waals surface area contributed by atoms with Gasteiger partial charge in [-0.1, -0.05) is 17.7 Å². The molecule has 1 N–H and O–H groups in total. The Balaban J connectivity index is 2.07. The summed E-state index contributed by atoms with van der Waals surface area (Å²) in [5.41, 5.74) is 6.67. The van der Waals surface area contributed by atoms with Crippen molar-refractivity contribution in [2.45, 2.75) is 59.5 Å². The first kappa shape index (κ1) is 14.7. The fourth-order valence-electron chi connectivity index (χ4n) is 3.03. The van der Waals surface area contributed by atoms with E-state index in [2.05, 4.69) is 52.1 Å². The van der Waals surface area contributed by atoms with Crippen molar-refractivity contribution < 1.29 is 0 Å². The van der Waals surface area contributed by atoms with Gasteiger partial charge in [-0.3, -0.25) is 0 Å². The molecule has 0 radical (unpaired) electrons. The zero-order valence-electron chi connectivity index (χ0n) is 13.6. The van der Waals surface area contributed by atoms with Crippen LogP contribution in [0.2, 0.25) is 0 Å². The van der Waals surface area contributed by atoms with Crippen LogP contribution in [0.15, 0.2) is 12.1 Å². The normalized spacial score (nSPS) is 16.2. The molecule has 1 heterocycles. The Morgan fingerprint density at radius 2 is 1.71 bits per heavy atom. The second-order valence-corrected chi connectivity index (χ2v) is 7.61. The molecule has 1 aromatic carbocycles. The summed E-state index contributed by atoms with van der Waals surface area (Å²) in [5.74, 6) is 0. The van der Waals surface area contributed by atoms with Crippen LogP contribution in [0, 0.1) is 34.6 Å². The highest BCUT2D eigenvalue weighted by atomic mass is 32.1. The third kappa shape index (κ3) is 3.04. The molecule has 21 heavy (non-hydrogen) atoms. The standard InChI is InChI=1S/C18H24N2S/c1-10-8-11(2)16(12(3)9-10)17(20-15-6-7-15)18-19-13(4)14(5)21-18/h8-9,15,17,20H,6-7H2,1-5H3. The predicted molar refractivity (Wildman–Crippen MR) is 90.2 cm³/mol. The predicted octanol–water partition coefficient (Wildman–Crippen LogP) is 4.53. The third-order valence-corrected chi connectivity index (χ3v) is 5.44. The number of thiazole rings is 1. The van der Waals surface area contributed by atoms with E-state index in [1.807, 2.05) is 11.3 Å². The molecule has 1 saturated carbocycles. The van der Waals surface area contributed by atoms with Crippen molar-refractivity contribution in [3.8, 4) is 0 Å². The quantitative estimate of drug-likeness (QED) is 0.897. The van der Waals surface area contributed by atoms with E-state index < -0.39 is 0 Å². The van der Waals surface area contributed by atoms with Crippen LogP contribution < -0.4 is 5.32 Å². The minimum Gasteiger partial charge on any atom is -0.301 e. The fourth-order valence-corrected chi connectivity index (χ4v) is 4.02. The van der Waals surface area contributed by atoms with Crippen LogP contribution in [-0.4, -0.2) is 11.0 Å². The van der Waals surface area contributed by atoms with E-state index in [0.717, 1.165) is 0 Å². The molecule has 1 unspecified atom stereocenters. The molecule has 0 saturated heterocycles. The summed E-state index contributed by atoms with van der Waals surface area (Å²) in [6, 6.07) is 5.49. The van der Waals surface area contributed by atoms with Crippen molar-refractivity contribution in [2.75, 3.05) is 0 Å². The molecule has 3 rings (SSSR count). The first-order chi connectivity index (χ1) is 9.95. The average molecular weight is 300 g/mol. The van der Waals surface area contributed by atoms with Crippen LogP contribution >= 0.6 is 11.3 Å². The fraction of sp³-hybridized carbons (Fsp3) is 0.500. The van der Waals surface area contributed by atoms with Gasteiger partial charge in [0, 0.05) is 10.9 Å². The van der Waals surface area contributed by atoms with Crippen molar-refractivity contribution in [3.05, 3.63) is 50.0 Å². The van der Waals surface area contributed by atoms with Gasteiger partial charge in [-0.15, -0.1) is 11.3 Å². The van der Waals surface area contributed by atoms with E-state index in [0.29, 0.717) is 6.04 Å². The molecule has 2 nitrogen and oxygen atoms in total. The van der Waals surface area contributed by atoms with Crippen molar-refractivity contribution in [1.29, 1.82) is 0 Å². The molecule has 2 aromatic rings. The average Bonchev–Trinajstić information content (AvgIpc) is 3.13. The van der Waals surface area contributed by atoms with Crippen LogP contribution in [0.4, 0.5) is 0 Å². The SMILES string of the molecule is Cc1cc(C)c(C(NC2CC2)c2nc(C)c(C)s2)c(C)c1. The monoisotopic (exact) mass is 300 g/mol. The number of hydrogen-bond donors (Lipinski definition) is 1. The Morgan fingerprint density at radius 1 is 1.10 bits per heavy atom. The lowest BCUT2D eigenvalue weighted by atomic mass is 9.94. The zero-order valence-corrected chi connectivity index (χ0v) is 14.4. The Bertz CT molecular complexity index is 625. The molecule has 1 aliphatic carbocycles. The van der Waals surface area contributed by atoms with E-state index in [1.165, 1.54) is 50.7 Å². The molecule has 1 atom stereocenters. The Hall–Kier alpha value is -1.19. The first-order valence-electron chi connectivity index (χ1n) is 7.73. The minimum atomic E-state index is 0.246. The van der Waals surface area contributed by atoms with E-state index in [9.17, 15) is 0 Å². The van der Waals surface area contributed by atoms with Gasteiger partial charge in [0.15, 0.2) is 0 Å². The Morgan fingerprint density at radius 3 is 2.19 bits per heavy atom. The van der Waals surface area contributed by atoms with Gasteiger partial charge in [-0.05, 0) is 64.2 Å².